The van der Waals surface area contributed by atoms with Gasteiger partial charge in [-0.2, -0.15) is 0 Å². The zero-order valence-electron chi connectivity index (χ0n) is 17.1. The number of nitrogens with one attached hydrogen (secondary N) is 1. The molecule has 2 heterocycles. The van der Waals surface area contributed by atoms with Crippen LogP contribution >= 0.6 is 0 Å². The Hall–Kier alpha value is -1.59. The van der Waals surface area contributed by atoms with Crippen LogP contribution in [0.1, 0.15) is 43.7 Å². The fourth-order valence-corrected chi connectivity index (χ4v) is 4.11. The summed E-state index contributed by atoms with van der Waals surface area (Å²) in [5, 5.41) is 3.45. The second kappa shape index (κ2) is 10.7. The SMILES string of the molecule is CCNC(=NCc1ccc(CN2CCCCC2)cc1)N1CCC(COC)C1. The molecule has 1 unspecified atom stereocenters. The molecule has 0 radical (unpaired) electrons. The molecule has 2 saturated heterocycles. The summed E-state index contributed by atoms with van der Waals surface area (Å²) in [5.41, 5.74) is 2.69. The van der Waals surface area contributed by atoms with Crippen molar-refractivity contribution in [3.63, 3.8) is 0 Å². The highest BCUT2D eigenvalue weighted by Crippen LogP contribution is 2.17. The van der Waals surface area contributed by atoms with Crippen molar-refractivity contribution in [1.29, 1.82) is 0 Å². The highest BCUT2D eigenvalue weighted by atomic mass is 16.5. The van der Waals surface area contributed by atoms with Gasteiger partial charge in [-0.05, 0) is 50.4 Å². The number of likely N-dealkylation sites (tertiary alicyclic amines) is 2. The highest BCUT2D eigenvalue weighted by molar-refractivity contribution is 5.80. The lowest BCUT2D eigenvalue weighted by Crippen LogP contribution is -2.40. The smallest absolute Gasteiger partial charge is 0.194 e. The molecule has 0 spiro atoms. The van der Waals surface area contributed by atoms with Crippen LogP contribution in [0.2, 0.25) is 0 Å². The van der Waals surface area contributed by atoms with Gasteiger partial charge in [0.2, 0.25) is 0 Å². The normalized spacial score (nSPS) is 21.6. The number of aliphatic imine (C=N–C) groups is 1. The summed E-state index contributed by atoms with van der Waals surface area (Å²) < 4.78 is 5.32. The Morgan fingerprint density at radius 1 is 1.11 bits per heavy atom. The molecular weight excluding hydrogens is 336 g/mol. The van der Waals surface area contributed by atoms with Gasteiger partial charge in [-0.1, -0.05) is 30.7 Å². The second-order valence-electron chi connectivity index (χ2n) is 7.88. The van der Waals surface area contributed by atoms with Gasteiger partial charge in [-0.25, -0.2) is 4.99 Å². The summed E-state index contributed by atoms with van der Waals surface area (Å²) in [6, 6.07) is 9.03. The molecule has 2 aliphatic heterocycles. The van der Waals surface area contributed by atoms with Crippen LogP contribution in [0.15, 0.2) is 29.3 Å². The topological polar surface area (TPSA) is 40.1 Å². The molecule has 1 N–H and O–H groups in total. The van der Waals surface area contributed by atoms with E-state index in [2.05, 4.69) is 46.3 Å². The van der Waals surface area contributed by atoms with Crippen LogP contribution in [-0.4, -0.2) is 62.2 Å². The van der Waals surface area contributed by atoms with Crippen molar-refractivity contribution in [2.75, 3.05) is 46.4 Å². The molecule has 0 saturated carbocycles. The third-order valence-electron chi connectivity index (χ3n) is 5.61. The second-order valence-corrected chi connectivity index (χ2v) is 7.88. The number of hydrogen-bond acceptors (Lipinski definition) is 3. The van der Waals surface area contributed by atoms with E-state index in [0.717, 1.165) is 45.3 Å². The number of piperidine rings is 1. The van der Waals surface area contributed by atoms with Gasteiger partial charge < -0.3 is 15.0 Å². The Kier molecular flexibility index (Phi) is 7.96. The summed E-state index contributed by atoms with van der Waals surface area (Å²) in [4.78, 5) is 9.83. The van der Waals surface area contributed by atoms with Crippen LogP contribution in [0.3, 0.4) is 0 Å². The lowest BCUT2D eigenvalue weighted by molar-refractivity contribution is 0.157. The summed E-state index contributed by atoms with van der Waals surface area (Å²) in [6.07, 6.45) is 5.28. The first-order chi connectivity index (χ1) is 13.3. The molecule has 2 aliphatic rings. The molecule has 0 aliphatic carbocycles. The van der Waals surface area contributed by atoms with Crippen LogP contribution in [-0.2, 0) is 17.8 Å². The van der Waals surface area contributed by atoms with Gasteiger partial charge in [-0.15, -0.1) is 0 Å². The van der Waals surface area contributed by atoms with Gasteiger partial charge in [-0.3, -0.25) is 4.90 Å². The van der Waals surface area contributed by atoms with E-state index in [1.165, 1.54) is 49.9 Å². The van der Waals surface area contributed by atoms with Crippen molar-refractivity contribution < 1.29 is 4.74 Å². The van der Waals surface area contributed by atoms with Crippen molar-refractivity contribution in [3.8, 4) is 0 Å². The number of ether oxygens (including phenoxy) is 1. The van der Waals surface area contributed by atoms with Crippen molar-refractivity contribution >= 4 is 5.96 Å². The largest absolute Gasteiger partial charge is 0.384 e. The van der Waals surface area contributed by atoms with Gasteiger partial charge >= 0.3 is 0 Å². The highest BCUT2D eigenvalue weighted by Gasteiger charge is 2.24. The minimum Gasteiger partial charge on any atom is -0.384 e. The predicted octanol–water partition coefficient (Wildman–Crippen LogP) is 3.11. The van der Waals surface area contributed by atoms with Gasteiger partial charge in [0.15, 0.2) is 5.96 Å². The van der Waals surface area contributed by atoms with Crippen molar-refractivity contribution in [2.24, 2.45) is 10.9 Å². The monoisotopic (exact) mass is 372 g/mol. The number of hydrogen-bond donors (Lipinski definition) is 1. The van der Waals surface area contributed by atoms with Crippen molar-refractivity contribution in [3.05, 3.63) is 35.4 Å². The van der Waals surface area contributed by atoms with E-state index in [1.54, 1.807) is 7.11 Å². The minimum absolute atomic E-state index is 0.618. The summed E-state index contributed by atoms with van der Waals surface area (Å²) in [7, 11) is 1.79. The lowest BCUT2D eigenvalue weighted by atomic mass is 10.1. The van der Waals surface area contributed by atoms with Crippen molar-refractivity contribution in [1.82, 2.24) is 15.1 Å². The Labute approximate surface area is 164 Å². The van der Waals surface area contributed by atoms with Crippen LogP contribution < -0.4 is 5.32 Å². The molecule has 3 rings (SSSR count). The summed E-state index contributed by atoms with van der Waals surface area (Å²) >= 11 is 0. The lowest BCUT2D eigenvalue weighted by Gasteiger charge is -2.26. The standard InChI is InChI=1S/C22H36N4O/c1-3-23-22(26-14-11-21(17-26)18-27-2)24-15-19-7-9-20(10-8-19)16-25-12-5-4-6-13-25/h7-10,21H,3-6,11-18H2,1-2H3,(H,23,24). The van der Waals surface area contributed by atoms with E-state index >= 15 is 0 Å². The molecule has 1 atom stereocenters. The van der Waals surface area contributed by atoms with Crippen LogP contribution in [0, 0.1) is 5.92 Å². The minimum atomic E-state index is 0.618. The van der Waals surface area contributed by atoms with Gasteiger partial charge in [0.1, 0.15) is 0 Å². The summed E-state index contributed by atoms with van der Waals surface area (Å²) in [5.74, 6) is 1.65. The van der Waals surface area contributed by atoms with E-state index in [4.69, 9.17) is 9.73 Å². The zero-order chi connectivity index (χ0) is 18.9. The molecule has 150 valence electrons. The number of guanidine groups is 1. The number of nitrogens with zero attached hydrogens (tertiary/aromatic N) is 3. The van der Waals surface area contributed by atoms with E-state index < -0.39 is 0 Å². The Morgan fingerprint density at radius 3 is 2.56 bits per heavy atom. The fraction of sp³-hybridized carbons (Fsp3) is 0.682. The molecular formula is C22H36N4O. The Morgan fingerprint density at radius 2 is 1.85 bits per heavy atom. The molecule has 1 aromatic carbocycles. The first-order valence-corrected chi connectivity index (χ1v) is 10.6. The third kappa shape index (κ3) is 6.22. The zero-order valence-corrected chi connectivity index (χ0v) is 17.1. The number of benzene rings is 1. The molecule has 0 amide bonds. The average Bonchev–Trinajstić information content (AvgIpc) is 3.16. The first kappa shape index (κ1) is 20.2. The van der Waals surface area contributed by atoms with E-state index in [9.17, 15) is 0 Å². The quantitative estimate of drug-likeness (QED) is 0.590. The first-order valence-electron chi connectivity index (χ1n) is 10.6. The van der Waals surface area contributed by atoms with E-state index in [0.29, 0.717) is 5.92 Å². The fourth-order valence-electron chi connectivity index (χ4n) is 4.11. The van der Waals surface area contributed by atoms with E-state index in [-0.39, 0.29) is 0 Å². The molecule has 5 heteroatoms. The Bertz CT molecular complexity index is 580. The van der Waals surface area contributed by atoms with Gasteiger partial charge in [0.05, 0.1) is 13.2 Å². The van der Waals surface area contributed by atoms with Crippen LogP contribution in [0.25, 0.3) is 0 Å². The maximum Gasteiger partial charge on any atom is 0.194 e. The van der Waals surface area contributed by atoms with Crippen LogP contribution in [0.4, 0.5) is 0 Å². The maximum atomic E-state index is 5.32. The maximum absolute atomic E-state index is 5.32. The van der Waals surface area contributed by atoms with Crippen molar-refractivity contribution in [2.45, 2.75) is 45.7 Å². The third-order valence-corrected chi connectivity index (χ3v) is 5.61. The van der Waals surface area contributed by atoms with Gasteiger partial charge in [0, 0.05) is 39.2 Å². The van der Waals surface area contributed by atoms with Crippen LogP contribution in [0.5, 0.6) is 0 Å². The Balaban J connectivity index is 1.54. The average molecular weight is 373 g/mol. The number of methoxy groups -OCH3 is 1. The molecule has 0 aromatic heterocycles. The number of rotatable bonds is 7. The molecule has 5 nitrogen and oxygen atoms in total. The molecule has 27 heavy (non-hydrogen) atoms. The predicted molar refractivity (Wildman–Crippen MR) is 112 cm³/mol. The van der Waals surface area contributed by atoms with Gasteiger partial charge in [0.25, 0.3) is 0 Å². The molecule has 1 aromatic rings. The molecule has 2 fully saturated rings. The van der Waals surface area contributed by atoms with E-state index in [1.807, 2.05) is 0 Å². The molecule has 0 bridgehead atoms. The summed E-state index contributed by atoms with van der Waals surface area (Å²) in [6.45, 7) is 10.3.